The zero-order chi connectivity index (χ0) is 92.7. The Morgan fingerprint density at radius 2 is 0.186 bits per heavy atom. The smallest absolute Gasteiger partial charge is 0.0701 e. The van der Waals surface area contributed by atoms with Crippen molar-refractivity contribution in [2.75, 3.05) is 509 Å². The van der Waals surface area contributed by atoms with E-state index in [1.54, 1.807) is 6.92 Å². The van der Waals surface area contributed by atoms with E-state index in [0.29, 0.717) is 489 Å². The fraction of sp³-hybridized carbons (Fsp3) is 0.977. The van der Waals surface area contributed by atoms with Crippen LogP contribution in [0.2, 0.25) is 0 Å². The van der Waals surface area contributed by atoms with Crippen molar-refractivity contribution in [2.45, 2.75) is 61.3 Å². The molecule has 0 unspecified atom stereocenters. The molecule has 0 spiro atoms. The summed E-state index contributed by atoms with van der Waals surface area (Å²) in [4.78, 5) is 0. The van der Waals surface area contributed by atoms with Gasteiger partial charge in [0.2, 0.25) is 0 Å². The second kappa shape index (κ2) is 151. The molecule has 0 aliphatic carbocycles. The summed E-state index contributed by atoms with van der Waals surface area (Å²) >= 11 is 0. The number of hydrogen-bond acceptors (Lipinski definition) is 39. The van der Waals surface area contributed by atoms with Crippen LogP contribution in [0.25, 0.3) is 0 Å². The van der Waals surface area contributed by atoms with Crippen LogP contribution >= 0.6 is 0 Å². The first-order valence-electron chi connectivity index (χ1n) is 46.3. The van der Waals surface area contributed by atoms with E-state index in [1.165, 1.54) is 0 Å². The van der Waals surface area contributed by atoms with E-state index in [9.17, 15) is 0 Å². The van der Waals surface area contributed by atoms with Gasteiger partial charge >= 0.3 is 0 Å². The molecule has 0 atom stereocenters. The van der Waals surface area contributed by atoms with Crippen molar-refractivity contribution in [1.82, 2.24) is 0 Å². The number of aliphatic hydroxyl groups excluding tert-OH is 1. The van der Waals surface area contributed by atoms with Crippen molar-refractivity contribution in [2.24, 2.45) is 0 Å². The van der Waals surface area contributed by atoms with Gasteiger partial charge in [0, 0.05) is 98.5 Å². The summed E-state index contributed by atoms with van der Waals surface area (Å²) in [7, 11) is 0. The Kier molecular flexibility index (Phi) is 167. The summed E-state index contributed by atoms with van der Waals surface area (Å²) in [5, 5.41) is 7.57. The topological polar surface area (TPSA) is 371 Å². The Morgan fingerprint density at radius 1 is 0.124 bits per heavy atom. The minimum absolute atomic E-state index is 0. The molecular weight excluding hydrogens is 1860 g/mol. The minimum Gasteiger partial charge on any atom is -0.411 e. The van der Waals surface area contributed by atoms with E-state index < -0.39 is 0 Å². The molecule has 0 saturated heterocycles. The van der Waals surface area contributed by atoms with Gasteiger partial charge in [-0.2, -0.15) is 0 Å². The molecule has 129 heavy (non-hydrogen) atoms. The molecule has 1 N–H and O–H groups in total. The SMILES string of the molecule is CC.CCCOCCOCCOCCOCCOCCOCCOCCOCCOCCOCCOCCOCCOCC.CCO.[CH2-]COCCOCCOCCOCCOCCOCCOCCOCCOCCOCCOCCOCCC.[CH2-]COCCOCCOCCOCCOCCOCCOCCOCCOCCOCCOCCOCCOCC.[Y].[Y]. The van der Waals surface area contributed by atoms with Gasteiger partial charge in [-0.25, -0.2) is 0 Å². The number of ether oxygens (including phenoxy) is 38. The maximum absolute atomic E-state index is 7.57. The van der Waals surface area contributed by atoms with Crippen molar-refractivity contribution in [3.8, 4) is 0 Å². The zero-order valence-electron chi connectivity index (χ0n) is 81.4. The van der Waals surface area contributed by atoms with Crippen LogP contribution in [0.3, 0.4) is 0 Å². The molecule has 0 saturated carbocycles. The third kappa shape index (κ3) is 160. The number of rotatable bonds is 113. The van der Waals surface area contributed by atoms with Gasteiger partial charge in [-0.3, -0.25) is 0 Å². The van der Waals surface area contributed by atoms with Crippen LogP contribution in [0, 0.1) is 13.8 Å². The second-order valence-corrected chi connectivity index (χ2v) is 24.8. The molecule has 0 aromatic heterocycles. The van der Waals surface area contributed by atoms with Gasteiger partial charge in [0.05, 0.1) is 462 Å². The van der Waals surface area contributed by atoms with Gasteiger partial charge in [-0.15, -0.1) is 0 Å². The summed E-state index contributed by atoms with van der Waals surface area (Å²) in [6, 6.07) is 0. The standard InChI is InChI=1S/C29H60O13.C28H57O13.C27H55O12.C2H6O.C2H6.2Y/c1-3-5-31-8-9-33-12-13-35-16-17-37-20-21-39-24-25-41-28-29-42-27-26-40-23-22-38-19-18-36-15-14-34-11-10-32-7-6-30-4-2;1-3-29-5-7-31-9-11-33-13-15-35-17-19-37-21-23-39-25-27-41-28-26-40-24-22-38-20-18-36-16-14-34-12-10-32-8-6-30-4-2;1-3-5-29-8-9-31-12-13-33-16-17-35-20-21-37-24-25-39-27-26-38-23-22-36-19-18-34-15-14-32-11-10-30-7-6-28-4-2;1-2-3;1-2;;/h3-29H2,1-2H3;1,3-28H2,2H3;2-27H2,1H3;3H,2H2,1H3;1-2H3;;/q;2*-1;;;;. The quantitative estimate of drug-likeness (QED) is 0.0608. The third-order valence-corrected chi connectivity index (χ3v) is 14.4. The first kappa shape index (κ1) is 143. The van der Waals surface area contributed by atoms with Crippen LogP contribution in [-0.4, -0.2) is 514 Å². The van der Waals surface area contributed by atoms with E-state index in [0.717, 1.165) is 26.1 Å². The van der Waals surface area contributed by atoms with Crippen molar-refractivity contribution in [3.63, 3.8) is 0 Å². The van der Waals surface area contributed by atoms with E-state index in [1.807, 2.05) is 27.7 Å². The summed E-state index contributed by atoms with van der Waals surface area (Å²) in [5.41, 5.74) is 0. The van der Waals surface area contributed by atoms with E-state index in [4.69, 9.17) is 185 Å². The van der Waals surface area contributed by atoms with E-state index in [2.05, 4.69) is 27.7 Å². The molecule has 0 amide bonds. The largest absolute Gasteiger partial charge is 0.411 e. The summed E-state index contributed by atoms with van der Waals surface area (Å²) in [6.45, 7) is 62.9. The second-order valence-electron chi connectivity index (χ2n) is 24.8. The molecular formula is C88H184O39Y2-2. The number of aliphatic hydroxyl groups is 1. The van der Waals surface area contributed by atoms with Gasteiger partial charge in [0.15, 0.2) is 0 Å². The molecule has 39 nitrogen and oxygen atoms in total. The Balaban J connectivity index is -0.000000335. The fourth-order valence-corrected chi connectivity index (χ4v) is 8.38. The molecule has 0 heterocycles. The first-order valence-corrected chi connectivity index (χ1v) is 46.3. The molecule has 0 aromatic carbocycles. The Bertz CT molecular complexity index is 1620. The first-order chi connectivity index (χ1) is 63.2. The maximum Gasteiger partial charge on any atom is 0.0701 e. The monoisotopic (exact) mass is 2040 g/mol. The van der Waals surface area contributed by atoms with Crippen molar-refractivity contribution in [3.05, 3.63) is 13.8 Å². The molecule has 0 fully saturated rings. The predicted molar refractivity (Wildman–Crippen MR) is 478 cm³/mol. The maximum atomic E-state index is 7.57. The van der Waals surface area contributed by atoms with Crippen molar-refractivity contribution < 1.29 is 251 Å². The van der Waals surface area contributed by atoms with Crippen LogP contribution in [0.15, 0.2) is 0 Å². The predicted octanol–water partition coefficient (Wildman–Crippen LogP) is 5.14. The molecule has 778 valence electrons. The van der Waals surface area contributed by atoms with Crippen LogP contribution in [0.1, 0.15) is 61.3 Å². The van der Waals surface area contributed by atoms with Crippen molar-refractivity contribution in [1.29, 1.82) is 0 Å². The molecule has 0 aliphatic rings. The molecule has 0 rings (SSSR count). The summed E-state index contributed by atoms with van der Waals surface area (Å²) < 4.78 is 205. The normalized spacial score (nSPS) is 11.1. The third-order valence-electron chi connectivity index (χ3n) is 14.4. The van der Waals surface area contributed by atoms with Crippen LogP contribution in [0.5, 0.6) is 0 Å². The molecule has 0 bridgehead atoms. The molecule has 41 heteroatoms. The Morgan fingerprint density at radius 3 is 0.248 bits per heavy atom. The van der Waals surface area contributed by atoms with Gasteiger partial charge in [-0.05, 0) is 33.6 Å². The summed E-state index contributed by atoms with van der Waals surface area (Å²) in [5.74, 6) is 0. The average Bonchev–Trinajstić information content (AvgIpc) is 1.11. The zero-order valence-corrected chi connectivity index (χ0v) is 87.1. The molecule has 2 radical (unpaired) electrons. The van der Waals surface area contributed by atoms with E-state index >= 15 is 0 Å². The molecule has 0 aromatic rings. The van der Waals surface area contributed by atoms with Gasteiger partial charge in [0.25, 0.3) is 0 Å². The van der Waals surface area contributed by atoms with E-state index in [-0.39, 0.29) is 72.0 Å². The molecule has 0 aliphatic heterocycles. The Labute approximate surface area is 828 Å². The van der Waals surface area contributed by atoms with Gasteiger partial charge < -0.3 is 199 Å². The van der Waals surface area contributed by atoms with Crippen LogP contribution in [0.4, 0.5) is 0 Å². The van der Waals surface area contributed by atoms with Gasteiger partial charge in [0.1, 0.15) is 0 Å². The van der Waals surface area contributed by atoms with Gasteiger partial charge in [-0.1, -0.05) is 40.9 Å². The fourth-order valence-electron chi connectivity index (χ4n) is 8.38. The van der Waals surface area contributed by atoms with Crippen LogP contribution < -0.4 is 0 Å². The average molecular weight is 2040 g/mol. The van der Waals surface area contributed by atoms with Crippen molar-refractivity contribution >= 4 is 0 Å². The minimum atomic E-state index is 0. The Hall–Kier alpha value is 0.648. The number of hydrogen-bond donors (Lipinski definition) is 1. The van der Waals surface area contributed by atoms with Crippen LogP contribution in [-0.2, 0) is 245 Å². The summed E-state index contributed by atoms with van der Waals surface area (Å²) in [6.07, 6.45) is 2.05.